The first-order chi connectivity index (χ1) is 13.5. The van der Waals surface area contributed by atoms with Crippen molar-refractivity contribution in [3.8, 4) is 0 Å². The molecule has 1 aliphatic heterocycles. The molecule has 2 heterocycles. The highest BCUT2D eigenvalue weighted by molar-refractivity contribution is 5.99. The van der Waals surface area contributed by atoms with Gasteiger partial charge in [0.1, 0.15) is 0 Å². The zero-order valence-corrected chi connectivity index (χ0v) is 18.7. The molecule has 0 amide bonds. The van der Waals surface area contributed by atoms with Gasteiger partial charge in [0.15, 0.2) is 0 Å². The predicted molar refractivity (Wildman–Crippen MR) is 108 cm³/mol. The third-order valence-electron chi connectivity index (χ3n) is 5.85. The van der Waals surface area contributed by atoms with Crippen LogP contribution in [-0.2, 0) is 21.1 Å². The zero-order valence-electron chi connectivity index (χ0n) is 18.7. The molecule has 7 nitrogen and oxygen atoms in total. The van der Waals surface area contributed by atoms with E-state index in [1.165, 1.54) is 5.06 Å². The van der Waals surface area contributed by atoms with Gasteiger partial charge >= 0.3 is 11.9 Å². The van der Waals surface area contributed by atoms with Crippen LogP contribution in [0, 0.1) is 13.8 Å². The number of aromatic nitrogens is 1. The zero-order chi connectivity index (χ0) is 22.0. The molecular weight excluding hydrogens is 372 g/mol. The summed E-state index contributed by atoms with van der Waals surface area (Å²) in [6.45, 7) is 13.2. The summed E-state index contributed by atoms with van der Waals surface area (Å²) in [5.74, 6) is -1.01. The van der Waals surface area contributed by atoms with E-state index in [1.807, 2.05) is 20.8 Å². The lowest BCUT2D eigenvalue weighted by molar-refractivity contribution is -0.250. The Morgan fingerprint density at radius 1 is 0.966 bits per heavy atom. The van der Waals surface area contributed by atoms with E-state index >= 15 is 0 Å². The Morgan fingerprint density at radius 2 is 1.45 bits per heavy atom. The number of carbonyl (C=O) groups excluding carboxylic acids is 2. The maximum Gasteiger partial charge on any atom is 0.340 e. The third-order valence-corrected chi connectivity index (χ3v) is 5.85. The molecule has 161 valence electrons. The first-order valence-corrected chi connectivity index (χ1v) is 10.3. The molecule has 0 saturated carbocycles. The Hall–Kier alpha value is -1.99. The number of carbonyl (C=O) groups is 2. The van der Waals surface area contributed by atoms with Gasteiger partial charge in [-0.2, -0.15) is 0 Å². The summed E-state index contributed by atoms with van der Waals surface area (Å²) in [6, 6.07) is 0. The lowest BCUT2D eigenvalue weighted by Crippen LogP contribution is -2.46. The maximum atomic E-state index is 12.9. The molecule has 29 heavy (non-hydrogen) atoms. The number of nitrogens with zero attached hydrogens (tertiary/aromatic N) is 2. The van der Waals surface area contributed by atoms with Crippen LogP contribution in [0.3, 0.4) is 0 Å². The first kappa shape index (κ1) is 23.3. The molecule has 1 saturated heterocycles. The summed E-state index contributed by atoms with van der Waals surface area (Å²) in [6.07, 6.45) is 2.46. The number of hydrogen-bond donors (Lipinski definition) is 0. The molecule has 1 unspecified atom stereocenters. The number of pyridine rings is 1. The molecule has 1 atom stereocenters. The SMILES string of the molecule is CCOC(=O)c1c(C)nc(C)c(C(=O)OCC)c1CCC1(C)CCC(C)(C)N1[O]. The number of hydrogen-bond acceptors (Lipinski definition) is 6. The van der Waals surface area contributed by atoms with Crippen molar-refractivity contribution >= 4 is 11.9 Å². The van der Waals surface area contributed by atoms with E-state index in [4.69, 9.17) is 9.47 Å². The van der Waals surface area contributed by atoms with Crippen LogP contribution < -0.4 is 0 Å². The van der Waals surface area contributed by atoms with E-state index in [0.29, 0.717) is 40.9 Å². The van der Waals surface area contributed by atoms with E-state index in [-0.39, 0.29) is 13.2 Å². The van der Waals surface area contributed by atoms with E-state index in [9.17, 15) is 14.8 Å². The Morgan fingerprint density at radius 3 is 1.83 bits per heavy atom. The van der Waals surface area contributed by atoms with Crippen molar-refractivity contribution in [2.75, 3.05) is 13.2 Å². The summed E-state index contributed by atoms with van der Waals surface area (Å²) in [4.78, 5) is 29.8. The van der Waals surface area contributed by atoms with Gasteiger partial charge in [0.2, 0.25) is 0 Å². The van der Waals surface area contributed by atoms with Crippen LogP contribution in [0.15, 0.2) is 0 Å². The van der Waals surface area contributed by atoms with Gasteiger partial charge < -0.3 is 9.47 Å². The van der Waals surface area contributed by atoms with Gasteiger partial charge in [0.25, 0.3) is 0 Å². The quantitative estimate of drug-likeness (QED) is 0.638. The Balaban J connectivity index is 2.51. The molecule has 7 heteroatoms. The lowest BCUT2D eigenvalue weighted by Gasteiger charge is -2.35. The van der Waals surface area contributed by atoms with Crippen LogP contribution >= 0.6 is 0 Å². The highest BCUT2D eigenvalue weighted by atomic mass is 16.5. The number of ether oxygens (including phenoxy) is 2. The van der Waals surface area contributed by atoms with Crippen LogP contribution in [0.5, 0.6) is 0 Å². The number of esters is 2. The van der Waals surface area contributed by atoms with Crippen LogP contribution in [0.2, 0.25) is 0 Å². The molecular formula is C22H33N2O5. The van der Waals surface area contributed by atoms with Gasteiger partial charge in [-0.05, 0) is 79.7 Å². The van der Waals surface area contributed by atoms with E-state index in [0.717, 1.165) is 12.8 Å². The highest BCUT2D eigenvalue weighted by Gasteiger charge is 2.48. The normalized spacial score (nSPS) is 21.2. The topological polar surface area (TPSA) is 88.6 Å². The molecule has 1 aromatic rings. The molecule has 2 rings (SSSR count). The Kier molecular flexibility index (Phi) is 7.06. The van der Waals surface area contributed by atoms with Crippen molar-refractivity contribution in [3.63, 3.8) is 0 Å². The highest BCUT2D eigenvalue weighted by Crippen LogP contribution is 2.42. The fraction of sp³-hybridized carbons (Fsp3) is 0.682. The van der Waals surface area contributed by atoms with Crippen molar-refractivity contribution in [2.45, 2.75) is 85.2 Å². The van der Waals surface area contributed by atoms with Crippen molar-refractivity contribution < 1.29 is 24.3 Å². The van der Waals surface area contributed by atoms with Gasteiger partial charge in [0, 0.05) is 11.1 Å². The fourth-order valence-electron chi connectivity index (χ4n) is 4.25. The lowest BCUT2D eigenvalue weighted by atomic mass is 9.87. The van der Waals surface area contributed by atoms with Gasteiger partial charge in [0.05, 0.1) is 35.7 Å². The minimum atomic E-state index is -0.563. The smallest absolute Gasteiger partial charge is 0.340 e. The second kappa shape index (κ2) is 8.79. The largest absolute Gasteiger partial charge is 0.462 e. The summed E-state index contributed by atoms with van der Waals surface area (Å²) >= 11 is 0. The second-order valence-electron chi connectivity index (χ2n) is 8.56. The standard InChI is InChI=1S/C22H33N2O5/c1-8-28-19(25)17-14(3)23-15(4)18(20(26)29-9-2)16(17)10-11-22(7)13-12-21(5,6)24(22)27/h8-13H2,1-7H3. The average molecular weight is 406 g/mol. The van der Waals surface area contributed by atoms with Gasteiger partial charge in [-0.15, -0.1) is 10.3 Å². The van der Waals surface area contributed by atoms with E-state index in [1.54, 1.807) is 27.7 Å². The number of hydroxylamine groups is 2. The number of rotatable bonds is 7. The molecule has 1 radical (unpaired) electrons. The summed E-state index contributed by atoms with van der Waals surface area (Å²) < 4.78 is 10.5. The summed E-state index contributed by atoms with van der Waals surface area (Å²) in [7, 11) is 0. The van der Waals surface area contributed by atoms with Crippen molar-refractivity contribution in [3.05, 3.63) is 28.1 Å². The molecule has 1 fully saturated rings. The first-order valence-electron chi connectivity index (χ1n) is 10.3. The van der Waals surface area contributed by atoms with Crippen molar-refractivity contribution in [1.82, 2.24) is 10.0 Å². The third kappa shape index (κ3) is 4.61. The van der Waals surface area contributed by atoms with Crippen LogP contribution in [0.4, 0.5) is 0 Å². The van der Waals surface area contributed by atoms with E-state index in [2.05, 4.69) is 4.98 Å². The Labute approximate surface area is 173 Å². The number of aryl methyl sites for hydroxylation is 2. The summed E-state index contributed by atoms with van der Waals surface area (Å²) in [5, 5.41) is 14.0. The minimum absolute atomic E-state index is 0.223. The molecule has 0 aromatic carbocycles. The predicted octanol–water partition coefficient (Wildman–Crippen LogP) is 3.96. The molecule has 0 N–H and O–H groups in total. The monoisotopic (exact) mass is 405 g/mol. The van der Waals surface area contributed by atoms with Crippen LogP contribution in [-0.4, -0.2) is 46.3 Å². The Bertz CT molecular complexity index is 748. The maximum absolute atomic E-state index is 12.9. The minimum Gasteiger partial charge on any atom is -0.462 e. The fourth-order valence-corrected chi connectivity index (χ4v) is 4.25. The van der Waals surface area contributed by atoms with E-state index < -0.39 is 23.0 Å². The molecule has 1 aromatic heterocycles. The van der Waals surface area contributed by atoms with Crippen LogP contribution in [0.1, 0.15) is 91.5 Å². The summed E-state index contributed by atoms with van der Waals surface area (Å²) in [5.41, 5.74) is 1.21. The molecule has 0 spiro atoms. The van der Waals surface area contributed by atoms with Gasteiger partial charge in [-0.1, -0.05) is 0 Å². The van der Waals surface area contributed by atoms with Gasteiger partial charge in [-0.25, -0.2) is 9.59 Å². The van der Waals surface area contributed by atoms with Crippen molar-refractivity contribution in [2.24, 2.45) is 0 Å². The second-order valence-corrected chi connectivity index (χ2v) is 8.56. The van der Waals surface area contributed by atoms with Crippen LogP contribution in [0.25, 0.3) is 0 Å². The molecule has 0 bridgehead atoms. The molecule has 0 aliphatic carbocycles. The van der Waals surface area contributed by atoms with Gasteiger partial charge in [-0.3, -0.25) is 4.98 Å². The van der Waals surface area contributed by atoms with Crippen molar-refractivity contribution in [1.29, 1.82) is 0 Å². The average Bonchev–Trinajstić information content (AvgIpc) is 2.83. The molecule has 1 aliphatic rings.